The molecule has 0 radical (unpaired) electrons. The molecule has 0 aromatic carbocycles. The molecule has 0 saturated carbocycles. The number of hydrogen-bond donors (Lipinski definition) is 2. The second kappa shape index (κ2) is 12.1. The molecule has 1 aliphatic heterocycles. The summed E-state index contributed by atoms with van der Waals surface area (Å²) in [5, 5.41) is 9.53. The molecule has 1 aromatic rings. The van der Waals surface area contributed by atoms with Crippen molar-refractivity contribution in [1.29, 1.82) is 0 Å². The fraction of sp³-hybridized carbons (Fsp3) is 0.714. The number of aromatic nitrogens is 1. The molecular formula is C21H34ClN3O4S. The van der Waals surface area contributed by atoms with E-state index in [1.165, 1.54) is 4.90 Å². The van der Waals surface area contributed by atoms with Crippen LogP contribution < -0.4 is 4.72 Å². The van der Waals surface area contributed by atoms with Gasteiger partial charge >= 0.3 is 6.09 Å². The minimum atomic E-state index is -1.14. The van der Waals surface area contributed by atoms with Crippen molar-refractivity contribution in [3.05, 3.63) is 29.0 Å². The number of rotatable bonds is 11. The lowest BCUT2D eigenvalue weighted by molar-refractivity contribution is 0.0558. The van der Waals surface area contributed by atoms with Crippen LogP contribution in [0, 0.1) is 0 Å². The van der Waals surface area contributed by atoms with Gasteiger partial charge in [0.2, 0.25) is 0 Å². The number of ether oxygens (including phenoxy) is 1. The van der Waals surface area contributed by atoms with Crippen LogP contribution in [-0.4, -0.2) is 62.2 Å². The highest BCUT2D eigenvalue weighted by molar-refractivity contribution is 7.90. The molecule has 0 bridgehead atoms. The number of nitrogens with one attached hydrogen (secondary N) is 1. The highest BCUT2D eigenvalue weighted by atomic mass is 35.5. The third-order valence-corrected chi connectivity index (χ3v) is 7.14. The highest BCUT2D eigenvalue weighted by Crippen LogP contribution is 2.20. The number of likely N-dealkylation sites (tertiary alicyclic amines) is 1. The van der Waals surface area contributed by atoms with Crippen LogP contribution in [0.4, 0.5) is 4.79 Å². The third-order valence-electron chi connectivity index (χ3n) is 5.14. The van der Waals surface area contributed by atoms with Crippen LogP contribution in [0.3, 0.4) is 0 Å². The van der Waals surface area contributed by atoms with Crippen LogP contribution in [-0.2, 0) is 22.5 Å². The number of unbranched alkanes of at least 4 members (excludes halogenated alkanes) is 1. The zero-order chi connectivity index (χ0) is 22.1. The molecule has 2 heterocycles. The van der Waals surface area contributed by atoms with Gasteiger partial charge in [-0.1, -0.05) is 17.7 Å². The predicted molar refractivity (Wildman–Crippen MR) is 120 cm³/mol. The second-order valence-electron chi connectivity index (χ2n) is 8.69. The van der Waals surface area contributed by atoms with Crippen molar-refractivity contribution in [3.63, 3.8) is 0 Å². The summed E-state index contributed by atoms with van der Waals surface area (Å²) in [5.41, 5.74) is 1.00. The van der Waals surface area contributed by atoms with E-state index in [9.17, 15) is 9.35 Å². The van der Waals surface area contributed by atoms with Crippen molar-refractivity contribution < 1.29 is 19.2 Å². The molecule has 9 heteroatoms. The summed E-state index contributed by atoms with van der Waals surface area (Å²) < 4.78 is 21.4. The quantitative estimate of drug-likeness (QED) is 0.294. The Kier molecular flexibility index (Phi) is 10.2. The standard InChI is InChI=1S/C21H34ClN3O4S/c1-21(2,3)30(28)24-17(10-9-16-7-6-12-23-19(16)22)8-4-5-14-29-18-11-13-25(15-18)20(26)27/h6-7,12,17-18,24H,4-5,8-11,13-15H2,1-3H3,(H,26,27)/t17?,18-,30-/m1/s1. The van der Waals surface area contributed by atoms with Crippen LogP contribution in [0.1, 0.15) is 58.4 Å². The zero-order valence-electron chi connectivity index (χ0n) is 18.1. The first kappa shape index (κ1) is 25.2. The van der Waals surface area contributed by atoms with Crippen LogP contribution in [0.25, 0.3) is 0 Å². The van der Waals surface area contributed by atoms with Gasteiger partial charge in [0.05, 0.1) is 18.7 Å². The SMILES string of the molecule is CC(C)(C)[S@@+]([O-])NC(CCCCO[C@@H]1CCN(C(=O)O)C1)CCc1cccnc1Cl. The van der Waals surface area contributed by atoms with Gasteiger partial charge in [0.15, 0.2) is 0 Å². The van der Waals surface area contributed by atoms with Crippen molar-refractivity contribution in [2.24, 2.45) is 0 Å². The molecule has 0 spiro atoms. The van der Waals surface area contributed by atoms with Crippen molar-refractivity contribution in [2.75, 3.05) is 19.7 Å². The van der Waals surface area contributed by atoms with E-state index in [1.54, 1.807) is 6.20 Å². The number of carbonyl (C=O) groups is 1. The maximum atomic E-state index is 12.6. The molecule has 1 fully saturated rings. The van der Waals surface area contributed by atoms with Gasteiger partial charge in [0, 0.05) is 30.7 Å². The molecule has 1 amide bonds. The molecule has 1 aromatic heterocycles. The van der Waals surface area contributed by atoms with E-state index in [1.807, 2.05) is 32.9 Å². The van der Waals surface area contributed by atoms with Gasteiger partial charge in [0.25, 0.3) is 0 Å². The number of aryl methyl sites for hydroxylation is 1. The third kappa shape index (κ3) is 8.59. The number of halogens is 1. The summed E-state index contributed by atoms with van der Waals surface area (Å²) in [4.78, 5) is 16.5. The van der Waals surface area contributed by atoms with Crippen LogP contribution in [0.15, 0.2) is 18.3 Å². The lowest BCUT2D eigenvalue weighted by Crippen LogP contribution is -2.44. The smallest absolute Gasteiger partial charge is 0.407 e. The fourth-order valence-electron chi connectivity index (χ4n) is 3.31. The molecule has 1 unspecified atom stereocenters. The van der Waals surface area contributed by atoms with E-state index in [0.717, 1.165) is 44.1 Å². The first-order valence-corrected chi connectivity index (χ1v) is 12.1. The van der Waals surface area contributed by atoms with Crippen molar-refractivity contribution in [1.82, 2.24) is 14.6 Å². The molecule has 2 N–H and O–H groups in total. The normalized spacial score (nSPS) is 19.1. The number of amides is 1. The van der Waals surface area contributed by atoms with E-state index < -0.39 is 17.5 Å². The molecule has 3 atom stereocenters. The van der Waals surface area contributed by atoms with Crippen LogP contribution >= 0.6 is 11.6 Å². The Morgan fingerprint density at radius 1 is 1.47 bits per heavy atom. The molecule has 170 valence electrons. The van der Waals surface area contributed by atoms with Gasteiger partial charge in [-0.25, -0.2) is 9.78 Å². The monoisotopic (exact) mass is 459 g/mol. The predicted octanol–water partition coefficient (Wildman–Crippen LogP) is 4.03. The lowest BCUT2D eigenvalue weighted by Gasteiger charge is -2.28. The van der Waals surface area contributed by atoms with Gasteiger partial charge in [-0.3, -0.25) is 0 Å². The van der Waals surface area contributed by atoms with E-state index in [4.69, 9.17) is 21.4 Å². The Balaban J connectivity index is 1.76. The Bertz CT molecular complexity index is 674. The maximum Gasteiger partial charge on any atom is 0.407 e. The van der Waals surface area contributed by atoms with Crippen LogP contribution in [0.5, 0.6) is 0 Å². The molecule has 1 aliphatic rings. The maximum absolute atomic E-state index is 12.6. The second-order valence-corrected chi connectivity index (χ2v) is 11.0. The Labute approximate surface area is 187 Å². The first-order chi connectivity index (χ1) is 14.2. The minimum Gasteiger partial charge on any atom is -0.598 e. The Morgan fingerprint density at radius 3 is 2.87 bits per heavy atom. The zero-order valence-corrected chi connectivity index (χ0v) is 19.7. The fourth-order valence-corrected chi connectivity index (χ4v) is 4.41. The number of hydrogen-bond acceptors (Lipinski definition) is 5. The molecule has 7 nitrogen and oxygen atoms in total. The summed E-state index contributed by atoms with van der Waals surface area (Å²) in [5.74, 6) is 0. The molecule has 1 saturated heterocycles. The topological polar surface area (TPSA) is 97.8 Å². The van der Waals surface area contributed by atoms with Gasteiger partial charge in [-0.2, -0.15) is 0 Å². The van der Waals surface area contributed by atoms with Gasteiger partial charge in [-0.05, 0) is 70.9 Å². The Morgan fingerprint density at radius 2 is 2.23 bits per heavy atom. The molecule has 2 rings (SSSR count). The minimum absolute atomic E-state index is 0.00358. The summed E-state index contributed by atoms with van der Waals surface area (Å²) in [6.07, 6.45) is 5.86. The van der Waals surface area contributed by atoms with E-state index in [2.05, 4.69) is 9.71 Å². The van der Waals surface area contributed by atoms with E-state index in [-0.39, 0.29) is 16.9 Å². The number of nitrogens with zero attached hydrogens (tertiary/aromatic N) is 2. The summed E-state index contributed by atoms with van der Waals surface area (Å²) in [6, 6.07) is 3.96. The average molecular weight is 460 g/mol. The van der Waals surface area contributed by atoms with E-state index >= 15 is 0 Å². The van der Waals surface area contributed by atoms with Crippen molar-refractivity contribution >= 4 is 29.1 Å². The lowest BCUT2D eigenvalue weighted by atomic mass is 10.0. The van der Waals surface area contributed by atoms with Crippen LogP contribution in [0.2, 0.25) is 5.15 Å². The molecule has 30 heavy (non-hydrogen) atoms. The van der Waals surface area contributed by atoms with Crippen molar-refractivity contribution in [2.45, 2.75) is 76.2 Å². The van der Waals surface area contributed by atoms with Gasteiger partial charge in [0.1, 0.15) is 9.90 Å². The van der Waals surface area contributed by atoms with E-state index in [0.29, 0.717) is 24.8 Å². The molecule has 0 aliphatic carbocycles. The highest BCUT2D eigenvalue weighted by Gasteiger charge is 2.29. The number of carboxylic acid groups (broad SMARTS) is 1. The van der Waals surface area contributed by atoms with Gasteiger partial charge in [-0.15, -0.1) is 4.72 Å². The average Bonchev–Trinajstić information content (AvgIpc) is 3.15. The molecular weight excluding hydrogens is 426 g/mol. The largest absolute Gasteiger partial charge is 0.598 e. The number of pyridine rings is 1. The summed E-state index contributed by atoms with van der Waals surface area (Å²) in [7, 11) is 0. The first-order valence-electron chi connectivity index (χ1n) is 10.5. The summed E-state index contributed by atoms with van der Waals surface area (Å²) >= 11 is 5.04. The summed E-state index contributed by atoms with van der Waals surface area (Å²) in [6.45, 7) is 7.49. The van der Waals surface area contributed by atoms with Gasteiger partial charge < -0.3 is 19.3 Å². The Hall–Kier alpha value is -1.06. The van der Waals surface area contributed by atoms with Crippen molar-refractivity contribution in [3.8, 4) is 0 Å².